The summed E-state index contributed by atoms with van der Waals surface area (Å²) in [5.41, 5.74) is 3.74. The third-order valence-corrected chi connectivity index (χ3v) is 4.95. The van der Waals surface area contributed by atoms with E-state index in [0.717, 1.165) is 9.52 Å². The van der Waals surface area contributed by atoms with E-state index in [1.165, 1.54) is 23.6 Å². The van der Waals surface area contributed by atoms with Crippen LogP contribution in [0, 0.1) is 0 Å². The molecular formula is C17H22Si. The fourth-order valence-electron chi connectivity index (χ4n) is 2.35. The van der Waals surface area contributed by atoms with Crippen molar-refractivity contribution in [3.05, 3.63) is 53.6 Å². The molecule has 1 heteroatoms. The summed E-state index contributed by atoms with van der Waals surface area (Å²) < 4.78 is 0. The summed E-state index contributed by atoms with van der Waals surface area (Å²) in [6.45, 7) is 6.79. The molecular weight excluding hydrogens is 232 g/mol. The highest BCUT2D eigenvalue weighted by Gasteiger charge is 2.15. The van der Waals surface area contributed by atoms with Crippen LogP contribution in [0.1, 0.15) is 45.1 Å². The summed E-state index contributed by atoms with van der Waals surface area (Å²) in [6, 6.07) is 9.12. The molecule has 0 bridgehead atoms. The molecule has 1 aliphatic rings. The molecule has 1 aliphatic carbocycles. The zero-order valence-electron chi connectivity index (χ0n) is 11.6. The smallest absolute Gasteiger partial charge is 0.0802 e. The number of allylic oxidation sites excluding steroid dienone is 4. The Hall–Kier alpha value is -1.08. The van der Waals surface area contributed by atoms with Crippen molar-refractivity contribution in [1.82, 2.24) is 0 Å². The van der Waals surface area contributed by atoms with Crippen LogP contribution in [-0.2, 0) is 0 Å². The molecule has 18 heavy (non-hydrogen) atoms. The fourth-order valence-corrected chi connectivity index (χ4v) is 3.79. The summed E-state index contributed by atoms with van der Waals surface area (Å²) >= 11 is 0. The van der Waals surface area contributed by atoms with Crippen LogP contribution < -0.4 is 5.19 Å². The van der Waals surface area contributed by atoms with Crippen LogP contribution in [-0.4, -0.2) is 9.52 Å². The van der Waals surface area contributed by atoms with Gasteiger partial charge in [0.2, 0.25) is 0 Å². The van der Waals surface area contributed by atoms with Crippen molar-refractivity contribution in [2.45, 2.75) is 45.1 Å². The maximum atomic E-state index is 2.39. The Morgan fingerprint density at radius 1 is 1.28 bits per heavy atom. The number of benzene rings is 1. The summed E-state index contributed by atoms with van der Waals surface area (Å²) in [4.78, 5) is 0. The van der Waals surface area contributed by atoms with Crippen molar-refractivity contribution < 1.29 is 0 Å². The van der Waals surface area contributed by atoms with Gasteiger partial charge in [-0.1, -0.05) is 80.4 Å². The Morgan fingerprint density at radius 2 is 2.11 bits per heavy atom. The monoisotopic (exact) mass is 254 g/mol. The minimum absolute atomic E-state index is 0.625. The van der Waals surface area contributed by atoms with Gasteiger partial charge in [0.05, 0.1) is 9.52 Å². The van der Waals surface area contributed by atoms with Crippen LogP contribution >= 0.6 is 0 Å². The molecule has 0 saturated heterocycles. The van der Waals surface area contributed by atoms with Gasteiger partial charge >= 0.3 is 0 Å². The van der Waals surface area contributed by atoms with Gasteiger partial charge in [0, 0.05) is 0 Å². The molecule has 1 aromatic rings. The Balaban J connectivity index is 2.07. The van der Waals surface area contributed by atoms with E-state index in [4.69, 9.17) is 0 Å². The predicted molar refractivity (Wildman–Crippen MR) is 81.8 cm³/mol. The Labute approximate surface area is 114 Å². The van der Waals surface area contributed by atoms with Gasteiger partial charge in [0.15, 0.2) is 0 Å². The van der Waals surface area contributed by atoms with Crippen LogP contribution in [0.4, 0.5) is 0 Å². The van der Waals surface area contributed by atoms with E-state index < -0.39 is 0 Å². The quantitative estimate of drug-likeness (QED) is 0.690. The molecule has 2 radical (unpaired) electrons. The molecule has 0 nitrogen and oxygen atoms in total. The summed E-state index contributed by atoms with van der Waals surface area (Å²) in [5, 5.41) is 1.50. The van der Waals surface area contributed by atoms with Gasteiger partial charge < -0.3 is 0 Å². The minimum Gasteiger partial charge on any atom is -0.0802 e. The van der Waals surface area contributed by atoms with Crippen molar-refractivity contribution in [2.24, 2.45) is 0 Å². The molecule has 0 heterocycles. The molecule has 0 spiro atoms. The minimum atomic E-state index is 0.625. The fraction of sp³-hybridized carbons (Fsp3) is 0.412. The molecule has 0 amide bonds. The molecule has 0 fully saturated rings. The molecule has 1 unspecified atom stereocenters. The van der Waals surface area contributed by atoms with Crippen molar-refractivity contribution >= 4 is 14.7 Å². The molecule has 0 saturated carbocycles. The summed E-state index contributed by atoms with van der Waals surface area (Å²) in [7, 11) is 0.882. The average molecular weight is 254 g/mol. The van der Waals surface area contributed by atoms with Crippen molar-refractivity contribution in [3.8, 4) is 0 Å². The summed E-state index contributed by atoms with van der Waals surface area (Å²) in [5.74, 6) is 0.625. The number of hydrogen-bond donors (Lipinski definition) is 0. The lowest BCUT2D eigenvalue weighted by Gasteiger charge is -2.14. The van der Waals surface area contributed by atoms with Crippen LogP contribution in [0.2, 0.25) is 5.54 Å². The van der Waals surface area contributed by atoms with Gasteiger partial charge in [-0.3, -0.25) is 0 Å². The molecule has 1 atom stereocenters. The second-order valence-corrected chi connectivity index (χ2v) is 6.77. The normalized spacial score (nSPS) is 18.4. The predicted octanol–water partition coefficient (Wildman–Crippen LogP) is 4.22. The topological polar surface area (TPSA) is 0 Å². The van der Waals surface area contributed by atoms with E-state index in [9.17, 15) is 0 Å². The SMILES string of the molecule is CCCC1=CC=CC1[Si]c1cccc(C(C)C)c1. The second kappa shape index (κ2) is 6.19. The highest BCUT2D eigenvalue weighted by Crippen LogP contribution is 2.28. The van der Waals surface area contributed by atoms with Gasteiger partial charge in [0.1, 0.15) is 0 Å². The van der Waals surface area contributed by atoms with E-state index >= 15 is 0 Å². The van der Waals surface area contributed by atoms with Crippen LogP contribution in [0.5, 0.6) is 0 Å². The zero-order valence-corrected chi connectivity index (χ0v) is 12.6. The highest BCUT2D eigenvalue weighted by molar-refractivity contribution is 6.56. The first kappa shape index (κ1) is 13.4. The Kier molecular flexibility index (Phi) is 4.59. The van der Waals surface area contributed by atoms with Crippen LogP contribution in [0.15, 0.2) is 48.1 Å². The first-order chi connectivity index (χ1) is 8.70. The molecule has 0 aliphatic heterocycles. The Morgan fingerprint density at radius 3 is 2.83 bits per heavy atom. The van der Waals surface area contributed by atoms with E-state index in [-0.39, 0.29) is 0 Å². The zero-order chi connectivity index (χ0) is 13.0. The molecule has 0 aromatic heterocycles. The molecule has 2 rings (SSSR count). The summed E-state index contributed by atoms with van der Waals surface area (Å²) in [6.07, 6.45) is 9.41. The van der Waals surface area contributed by atoms with Crippen LogP contribution in [0.3, 0.4) is 0 Å². The van der Waals surface area contributed by atoms with Gasteiger partial charge in [-0.15, -0.1) is 0 Å². The maximum absolute atomic E-state index is 2.39. The first-order valence-corrected chi connectivity index (χ1v) is 8.02. The van der Waals surface area contributed by atoms with Gasteiger partial charge in [-0.25, -0.2) is 0 Å². The van der Waals surface area contributed by atoms with Gasteiger partial charge in [-0.05, 0) is 23.4 Å². The molecule has 0 N–H and O–H groups in total. The third kappa shape index (κ3) is 3.23. The van der Waals surface area contributed by atoms with Crippen molar-refractivity contribution in [3.63, 3.8) is 0 Å². The lowest BCUT2D eigenvalue weighted by molar-refractivity contribution is 0.867. The lowest BCUT2D eigenvalue weighted by Crippen LogP contribution is -2.19. The highest BCUT2D eigenvalue weighted by atomic mass is 28.2. The van der Waals surface area contributed by atoms with Gasteiger partial charge in [0.25, 0.3) is 0 Å². The standard InChI is InChI=1S/C17H22Si/c1-4-7-14-8-6-11-17(14)18-16-10-5-9-15(12-16)13(2)3/h5-6,8-13,17H,4,7H2,1-3H3. The Bertz CT molecular complexity index is 454. The third-order valence-electron chi connectivity index (χ3n) is 3.43. The van der Waals surface area contributed by atoms with E-state index in [1.807, 2.05) is 0 Å². The average Bonchev–Trinajstić information content (AvgIpc) is 2.77. The van der Waals surface area contributed by atoms with Crippen molar-refractivity contribution in [2.75, 3.05) is 0 Å². The first-order valence-electron chi connectivity index (χ1n) is 6.94. The number of hydrogen-bond acceptors (Lipinski definition) is 0. The van der Waals surface area contributed by atoms with E-state index in [0.29, 0.717) is 11.5 Å². The van der Waals surface area contributed by atoms with E-state index in [1.54, 1.807) is 5.57 Å². The maximum Gasteiger partial charge on any atom is 0.0936 e. The number of rotatable bonds is 5. The van der Waals surface area contributed by atoms with Crippen LogP contribution in [0.25, 0.3) is 0 Å². The van der Waals surface area contributed by atoms with E-state index in [2.05, 4.69) is 63.3 Å². The molecule has 1 aromatic carbocycles. The largest absolute Gasteiger partial charge is 0.0936 e. The molecule has 94 valence electrons. The van der Waals surface area contributed by atoms with Gasteiger partial charge in [-0.2, -0.15) is 0 Å². The second-order valence-electron chi connectivity index (χ2n) is 5.28. The lowest BCUT2D eigenvalue weighted by atomic mass is 10.0. The van der Waals surface area contributed by atoms with Crippen molar-refractivity contribution in [1.29, 1.82) is 0 Å².